The van der Waals surface area contributed by atoms with Gasteiger partial charge in [0.05, 0.1) is 0 Å². The molecule has 1 aromatic rings. The first-order chi connectivity index (χ1) is 8.08. The number of hydrogen-bond donors (Lipinski definition) is 0. The van der Waals surface area contributed by atoms with E-state index < -0.39 is 0 Å². The van der Waals surface area contributed by atoms with Gasteiger partial charge < -0.3 is 0 Å². The molecule has 17 heavy (non-hydrogen) atoms. The first-order valence-electron chi connectivity index (χ1n) is 6.41. The fraction of sp³-hybridized carbons (Fsp3) is 0.533. The number of Topliss-reactive ketones (excluding diaryl/α,β-unsaturated/α-hetero) is 1. The number of benzene rings is 1. The Morgan fingerprint density at radius 2 is 1.94 bits per heavy atom. The summed E-state index contributed by atoms with van der Waals surface area (Å²) in [6.45, 7) is 8.17. The largest absolute Gasteiger partial charge is 0.299 e. The smallest absolute Gasteiger partial charge is 0.138 e. The van der Waals surface area contributed by atoms with Crippen molar-refractivity contribution in [3.05, 3.63) is 35.4 Å². The molecule has 1 aliphatic heterocycles. The summed E-state index contributed by atoms with van der Waals surface area (Å²) in [7, 11) is 0. The monoisotopic (exact) mass is 231 g/mol. The fourth-order valence-corrected chi connectivity index (χ4v) is 2.45. The summed E-state index contributed by atoms with van der Waals surface area (Å²) >= 11 is 0. The van der Waals surface area contributed by atoms with E-state index in [9.17, 15) is 4.79 Å². The molecule has 0 bridgehead atoms. The average molecular weight is 231 g/mol. The molecular formula is C15H21NO. The molecule has 2 atom stereocenters. The molecule has 0 aromatic heterocycles. The molecule has 0 radical (unpaired) electrons. The zero-order chi connectivity index (χ0) is 12.4. The molecule has 2 rings (SSSR count). The van der Waals surface area contributed by atoms with E-state index in [1.807, 2.05) is 6.92 Å². The van der Waals surface area contributed by atoms with Crippen LogP contribution in [0.1, 0.15) is 37.4 Å². The quantitative estimate of drug-likeness (QED) is 0.780. The Bertz CT molecular complexity index is 396. The Labute approximate surface area is 104 Å². The van der Waals surface area contributed by atoms with Gasteiger partial charge in [-0.3, -0.25) is 9.69 Å². The number of carbonyl (C=O) groups excluding carboxylic acids is 1. The number of nitrogens with zero attached hydrogens (tertiary/aromatic N) is 1. The topological polar surface area (TPSA) is 20.3 Å². The van der Waals surface area contributed by atoms with Gasteiger partial charge in [-0.2, -0.15) is 0 Å². The standard InChI is InChI=1S/C15H21NO/c1-11-4-6-14(7-5-11)13(3)16-9-8-15(17)12(2)10-16/h4-7,12-13H,8-10H2,1-3H3. The molecule has 1 fully saturated rings. The second kappa shape index (κ2) is 5.01. The van der Waals surface area contributed by atoms with E-state index >= 15 is 0 Å². The maximum absolute atomic E-state index is 11.5. The second-order valence-electron chi connectivity index (χ2n) is 5.20. The van der Waals surface area contributed by atoms with Crippen molar-refractivity contribution in [1.82, 2.24) is 4.90 Å². The van der Waals surface area contributed by atoms with Crippen LogP contribution in [0.25, 0.3) is 0 Å². The lowest BCUT2D eigenvalue weighted by atomic mass is 9.95. The Hall–Kier alpha value is -1.15. The van der Waals surface area contributed by atoms with Crippen LogP contribution in [0.15, 0.2) is 24.3 Å². The van der Waals surface area contributed by atoms with Gasteiger partial charge in [-0.15, -0.1) is 0 Å². The minimum atomic E-state index is 0.191. The Morgan fingerprint density at radius 3 is 2.53 bits per heavy atom. The maximum Gasteiger partial charge on any atom is 0.138 e. The van der Waals surface area contributed by atoms with Crippen molar-refractivity contribution in [2.24, 2.45) is 5.92 Å². The highest BCUT2D eigenvalue weighted by molar-refractivity contribution is 5.81. The number of ketones is 1. The summed E-state index contributed by atoms with van der Waals surface area (Å²) in [5.41, 5.74) is 2.64. The highest BCUT2D eigenvalue weighted by Gasteiger charge is 2.26. The van der Waals surface area contributed by atoms with Crippen LogP contribution < -0.4 is 0 Å². The third kappa shape index (κ3) is 2.75. The molecule has 92 valence electrons. The first-order valence-corrected chi connectivity index (χ1v) is 6.41. The molecule has 0 saturated carbocycles. The van der Waals surface area contributed by atoms with Crippen LogP contribution >= 0.6 is 0 Å². The molecule has 1 aliphatic rings. The van der Waals surface area contributed by atoms with Gasteiger partial charge in [0.15, 0.2) is 0 Å². The van der Waals surface area contributed by atoms with E-state index in [1.165, 1.54) is 11.1 Å². The number of carbonyl (C=O) groups is 1. The van der Waals surface area contributed by atoms with Crippen molar-refractivity contribution in [1.29, 1.82) is 0 Å². The third-order valence-electron chi connectivity index (χ3n) is 3.81. The van der Waals surface area contributed by atoms with Gasteiger partial charge in [-0.25, -0.2) is 0 Å². The van der Waals surface area contributed by atoms with Crippen molar-refractivity contribution >= 4 is 5.78 Å². The molecule has 2 nitrogen and oxygen atoms in total. The van der Waals surface area contributed by atoms with Crippen LogP contribution in [0, 0.1) is 12.8 Å². The van der Waals surface area contributed by atoms with Gasteiger partial charge in [0.1, 0.15) is 5.78 Å². The fourth-order valence-electron chi connectivity index (χ4n) is 2.45. The number of piperidine rings is 1. The lowest BCUT2D eigenvalue weighted by Gasteiger charge is -2.35. The van der Waals surface area contributed by atoms with Gasteiger partial charge in [0.25, 0.3) is 0 Å². The van der Waals surface area contributed by atoms with E-state index in [2.05, 4.69) is 43.0 Å². The normalized spacial score (nSPS) is 23.7. The van der Waals surface area contributed by atoms with Gasteiger partial charge in [-0.1, -0.05) is 36.8 Å². The minimum absolute atomic E-state index is 0.191. The summed E-state index contributed by atoms with van der Waals surface area (Å²) in [6, 6.07) is 9.11. The van der Waals surface area contributed by atoms with Gasteiger partial charge in [0, 0.05) is 31.5 Å². The highest BCUT2D eigenvalue weighted by Crippen LogP contribution is 2.25. The summed E-state index contributed by atoms with van der Waals surface area (Å²) in [4.78, 5) is 13.9. The SMILES string of the molecule is Cc1ccc(C(C)N2CCC(=O)C(C)C2)cc1. The van der Waals surface area contributed by atoms with Crippen molar-refractivity contribution in [2.45, 2.75) is 33.2 Å². The molecule has 0 amide bonds. The Morgan fingerprint density at radius 1 is 1.29 bits per heavy atom. The summed E-state index contributed by atoms with van der Waals surface area (Å²) in [5, 5.41) is 0. The van der Waals surface area contributed by atoms with E-state index in [-0.39, 0.29) is 5.92 Å². The molecule has 1 aromatic carbocycles. The number of hydrogen-bond acceptors (Lipinski definition) is 2. The summed E-state index contributed by atoms with van der Waals surface area (Å²) in [6.07, 6.45) is 0.706. The molecular weight excluding hydrogens is 210 g/mol. The summed E-state index contributed by atoms with van der Waals surface area (Å²) < 4.78 is 0. The van der Waals surface area contributed by atoms with E-state index in [0.29, 0.717) is 18.2 Å². The lowest BCUT2D eigenvalue weighted by molar-refractivity contribution is -0.126. The van der Waals surface area contributed by atoms with Crippen LogP contribution in [-0.4, -0.2) is 23.8 Å². The lowest BCUT2D eigenvalue weighted by Crippen LogP contribution is -2.40. The first kappa shape index (κ1) is 12.3. The van der Waals surface area contributed by atoms with E-state index in [0.717, 1.165) is 13.1 Å². The Kier molecular flexibility index (Phi) is 3.63. The van der Waals surface area contributed by atoms with Crippen molar-refractivity contribution in [2.75, 3.05) is 13.1 Å². The zero-order valence-electron chi connectivity index (χ0n) is 10.9. The van der Waals surface area contributed by atoms with E-state index in [4.69, 9.17) is 0 Å². The highest BCUT2D eigenvalue weighted by atomic mass is 16.1. The van der Waals surface area contributed by atoms with Crippen molar-refractivity contribution in [3.63, 3.8) is 0 Å². The number of likely N-dealkylation sites (tertiary alicyclic amines) is 1. The molecule has 2 unspecified atom stereocenters. The number of aryl methyl sites for hydroxylation is 1. The van der Waals surface area contributed by atoms with Crippen LogP contribution in [0.3, 0.4) is 0 Å². The molecule has 0 N–H and O–H groups in total. The molecule has 0 aliphatic carbocycles. The molecule has 1 saturated heterocycles. The molecule has 1 heterocycles. The second-order valence-corrected chi connectivity index (χ2v) is 5.20. The van der Waals surface area contributed by atoms with Gasteiger partial charge >= 0.3 is 0 Å². The van der Waals surface area contributed by atoms with Crippen LogP contribution in [0.4, 0.5) is 0 Å². The predicted molar refractivity (Wildman–Crippen MR) is 70.0 cm³/mol. The molecule has 0 spiro atoms. The molecule has 2 heteroatoms. The van der Waals surface area contributed by atoms with Crippen LogP contribution in [0.2, 0.25) is 0 Å². The number of rotatable bonds is 2. The van der Waals surface area contributed by atoms with Gasteiger partial charge in [0.2, 0.25) is 0 Å². The zero-order valence-corrected chi connectivity index (χ0v) is 10.9. The Balaban J connectivity index is 2.07. The predicted octanol–water partition coefficient (Wildman–Crippen LogP) is 2.97. The van der Waals surface area contributed by atoms with Crippen molar-refractivity contribution < 1.29 is 4.79 Å². The van der Waals surface area contributed by atoms with Crippen LogP contribution in [-0.2, 0) is 4.79 Å². The van der Waals surface area contributed by atoms with Gasteiger partial charge in [-0.05, 0) is 19.4 Å². The van der Waals surface area contributed by atoms with E-state index in [1.54, 1.807) is 0 Å². The summed E-state index contributed by atoms with van der Waals surface area (Å²) in [5.74, 6) is 0.606. The maximum atomic E-state index is 11.5. The third-order valence-corrected chi connectivity index (χ3v) is 3.81. The minimum Gasteiger partial charge on any atom is -0.299 e. The van der Waals surface area contributed by atoms with Crippen molar-refractivity contribution in [3.8, 4) is 0 Å². The van der Waals surface area contributed by atoms with Crippen LogP contribution in [0.5, 0.6) is 0 Å². The average Bonchev–Trinajstić information content (AvgIpc) is 2.33.